The topological polar surface area (TPSA) is 57.3 Å². The summed E-state index contributed by atoms with van der Waals surface area (Å²) in [5.74, 6) is -0.506. The van der Waals surface area contributed by atoms with Crippen LogP contribution in [0.25, 0.3) is 0 Å². The molecule has 0 spiro atoms. The van der Waals surface area contributed by atoms with Crippen LogP contribution in [0.15, 0.2) is 66.7 Å². The van der Waals surface area contributed by atoms with Gasteiger partial charge in [0.05, 0.1) is 13.2 Å². The summed E-state index contributed by atoms with van der Waals surface area (Å²) in [4.78, 5) is 19.9. The molecule has 1 saturated heterocycles. The molecule has 1 atom stereocenters. The number of amides is 1. The minimum Gasteiger partial charge on any atom is -0.444 e. The van der Waals surface area contributed by atoms with Gasteiger partial charge in [0.1, 0.15) is 17.2 Å². The number of halogens is 2. The second-order valence-electron chi connectivity index (χ2n) is 13.1. The van der Waals surface area contributed by atoms with Crippen LogP contribution in [0.3, 0.4) is 0 Å². The summed E-state index contributed by atoms with van der Waals surface area (Å²) in [6.07, 6.45) is 1.02. The molecule has 0 aromatic heterocycles. The van der Waals surface area contributed by atoms with E-state index >= 15 is 0 Å². The molecule has 2 aliphatic heterocycles. The van der Waals surface area contributed by atoms with Gasteiger partial charge in [-0.2, -0.15) is 0 Å². The number of ether oxygens (including phenoxy) is 2. The number of morpholine rings is 1. The van der Waals surface area contributed by atoms with Gasteiger partial charge in [-0.05, 0) is 92.3 Å². The van der Waals surface area contributed by atoms with Crippen molar-refractivity contribution in [2.45, 2.75) is 58.3 Å². The third kappa shape index (κ3) is 9.98. The number of fused-ring (bicyclic) bond motifs is 1. The molecule has 3 aromatic rings. The molecule has 45 heavy (non-hydrogen) atoms. The molecule has 1 fully saturated rings. The minimum atomic E-state index is -0.622. The molecule has 0 bridgehead atoms. The number of benzene rings is 3. The van der Waals surface area contributed by atoms with Gasteiger partial charge in [0.25, 0.3) is 0 Å². The van der Waals surface area contributed by atoms with Crippen molar-refractivity contribution in [1.29, 1.82) is 0 Å². The first-order valence-electron chi connectivity index (χ1n) is 16.0. The maximum atomic E-state index is 14.1. The van der Waals surface area contributed by atoms with Crippen LogP contribution < -0.4 is 5.32 Å². The van der Waals surface area contributed by atoms with Crippen LogP contribution in [0.1, 0.15) is 43.0 Å². The predicted octanol–water partition coefficient (Wildman–Crippen LogP) is 6.12. The highest BCUT2D eigenvalue weighted by atomic mass is 19.1. The Morgan fingerprint density at radius 3 is 2.33 bits per heavy atom. The number of nitrogens with zero attached hydrogens (tertiary/aromatic N) is 3. The van der Waals surface area contributed by atoms with Crippen molar-refractivity contribution in [3.63, 3.8) is 0 Å². The van der Waals surface area contributed by atoms with E-state index in [1.165, 1.54) is 18.2 Å². The second-order valence-corrected chi connectivity index (χ2v) is 13.1. The highest BCUT2D eigenvalue weighted by Crippen LogP contribution is 2.27. The van der Waals surface area contributed by atoms with Gasteiger partial charge < -0.3 is 19.7 Å². The summed E-state index contributed by atoms with van der Waals surface area (Å²) in [7, 11) is 0. The Labute approximate surface area is 266 Å². The van der Waals surface area contributed by atoms with E-state index in [1.807, 2.05) is 39.0 Å². The minimum absolute atomic E-state index is 0.0769. The average Bonchev–Trinajstić information content (AvgIpc) is 3.01. The molecule has 2 heterocycles. The Kier molecular flexibility index (Phi) is 11.1. The number of rotatable bonds is 11. The van der Waals surface area contributed by atoms with Crippen LogP contribution >= 0.6 is 0 Å². The van der Waals surface area contributed by atoms with Crippen molar-refractivity contribution in [2.24, 2.45) is 0 Å². The zero-order chi connectivity index (χ0) is 31.8. The number of nitrogens with one attached hydrogen (secondary N) is 1. The van der Waals surface area contributed by atoms with E-state index < -0.39 is 5.60 Å². The SMILES string of the molecule is CC(C)(C)OC(=O)N(CCN1Cc2ccc(F)cc2CC1Cc1ccc(F)cc1)Cc1ccc(NCCN2CCOCC2)cc1. The fourth-order valence-corrected chi connectivity index (χ4v) is 5.97. The summed E-state index contributed by atoms with van der Waals surface area (Å²) in [6.45, 7) is 13.1. The summed E-state index contributed by atoms with van der Waals surface area (Å²) in [5.41, 5.74) is 4.55. The first-order valence-corrected chi connectivity index (χ1v) is 16.0. The summed E-state index contributed by atoms with van der Waals surface area (Å²) < 4.78 is 39.0. The van der Waals surface area contributed by atoms with Gasteiger partial charge in [0, 0.05) is 64.1 Å². The van der Waals surface area contributed by atoms with Gasteiger partial charge in [-0.3, -0.25) is 9.80 Å². The van der Waals surface area contributed by atoms with Gasteiger partial charge in [0.2, 0.25) is 0 Å². The Bertz CT molecular complexity index is 1390. The van der Waals surface area contributed by atoms with Crippen molar-refractivity contribution >= 4 is 11.8 Å². The van der Waals surface area contributed by atoms with E-state index in [2.05, 4.69) is 39.4 Å². The van der Waals surface area contributed by atoms with Crippen molar-refractivity contribution in [3.8, 4) is 0 Å². The third-order valence-electron chi connectivity index (χ3n) is 8.40. The lowest BCUT2D eigenvalue weighted by molar-refractivity contribution is 0.0198. The van der Waals surface area contributed by atoms with E-state index in [0.717, 1.165) is 67.3 Å². The van der Waals surface area contributed by atoms with Crippen LogP contribution in [0.4, 0.5) is 19.3 Å². The largest absolute Gasteiger partial charge is 0.444 e. The normalized spacial score (nSPS) is 17.5. The number of carbonyl (C=O) groups excluding carboxylic acids is 1. The smallest absolute Gasteiger partial charge is 0.410 e. The zero-order valence-electron chi connectivity index (χ0n) is 26.7. The van der Waals surface area contributed by atoms with Gasteiger partial charge in [-0.25, -0.2) is 13.6 Å². The Hall–Kier alpha value is -3.53. The lowest BCUT2D eigenvalue weighted by atomic mass is 9.90. The molecular weight excluding hydrogens is 574 g/mol. The molecule has 3 aromatic carbocycles. The molecule has 1 amide bonds. The first-order chi connectivity index (χ1) is 21.6. The monoisotopic (exact) mass is 620 g/mol. The third-order valence-corrected chi connectivity index (χ3v) is 8.40. The van der Waals surface area contributed by atoms with Gasteiger partial charge >= 0.3 is 6.09 Å². The summed E-state index contributed by atoms with van der Waals surface area (Å²) >= 11 is 0. The van der Waals surface area contributed by atoms with E-state index in [4.69, 9.17) is 9.47 Å². The molecule has 0 saturated carbocycles. The van der Waals surface area contributed by atoms with Crippen molar-refractivity contribution in [1.82, 2.24) is 14.7 Å². The molecule has 9 heteroatoms. The molecule has 242 valence electrons. The number of anilines is 1. The molecule has 5 rings (SSSR count). The standard InChI is InChI=1S/C36H46F2N4O3/c1-36(2,3)45-35(43)42(25-28-6-12-33(13-7-28)39-14-15-40-18-20-44-21-19-40)17-16-41-26-29-8-11-32(38)23-30(29)24-34(41)22-27-4-9-31(37)10-5-27/h4-13,23,34,39H,14-22,24-26H2,1-3H3. The van der Waals surface area contributed by atoms with Crippen LogP contribution in [0, 0.1) is 11.6 Å². The predicted molar refractivity (Wildman–Crippen MR) is 173 cm³/mol. The van der Waals surface area contributed by atoms with Crippen molar-refractivity contribution in [3.05, 3.63) is 101 Å². The fraction of sp³-hybridized carbons (Fsp3) is 0.472. The second kappa shape index (κ2) is 15.2. The van der Waals surface area contributed by atoms with Crippen LogP contribution in [0.2, 0.25) is 0 Å². The van der Waals surface area contributed by atoms with Gasteiger partial charge in [-0.1, -0.05) is 30.3 Å². The Morgan fingerprint density at radius 1 is 0.933 bits per heavy atom. The average molecular weight is 621 g/mol. The van der Waals surface area contributed by atoms with Crippen LogP contribution in [-0.4, -0.2) is 84.9 Å². The molecule has 2 aliphatic rings. The lowest BCUT2D eigenvalue weighted by Gasteiger charge is -2.38. The van der Waals surface area contributed by atoms with Crippen molar-refractivity contribution < 1.29 is 23.0 Å². The summed E-state index contributed by atoms with van der Waals surface area (Å²) in [5, 5.41) is 3.50. The number of carbonyl (C=O) groups is 1. The fourth-order valence-electron chi connectivity index (χ4n) is 5.97. The van der Waals surface area contributed by atoms with Crippen LogP contribution in [0.5, 0.6) is 0 Å². The maximum absolute atomic E-state index is 14.1. The summed E-state index contributed by atoms with van der Waals surface area (Å²) in [6, 6.07) is 19.9. The lowest BCUT2D eigenvalue weighted by Crippen LogP contribution is -2.47. The van der Waals surface area contributed by atoms with Crippen LogP contribution in [-0.2, 0) is 35.4 Å². The quantitative estimate of drug-likeness (QED) is 0.279. The maximum Gasteiger partial charge on any atom is 0.410 e. The first kappa shape index (κ1) is 32.9. The number of hydrogen-bond acceptors (Lipinski definition) is 6. The molecule has 1 N–H and O–H groups in total. The van der Waals surface area contributed by atoms with E-state index in [9.17, 15) is 13.6 Å². The zero-order valence-corrected chi connectivity index (χ0v) is 26.7. The van der Waals surface area contributed by atoms with E-state index in [0.29, 0.717) is 39.0 Å². The Morgan fingerprint density at radius 2 is 1.62 bits per heavy atom. The van der Waals surface area contributed by atoms with Gasteiger partial charge in [-0.15, -0.1) is 0 Å². The molecule has 7 nitrogen and oxygen atoms in total. The Balaban J connectivity index is 1.25. The highest BCUT2D eigenvalue weighted by Gasteiger charge is 2.29. The van der Waals surface area contributed by atoms with E-state index in [-0.39, 0.29) is 23.8 Å². The highest BCUT2D eigenvalue weighted by molar-refractivity contribution is 5.68. The number of hydrogen-bond donors (Lipinski definition) is 1. The molecular formula is C36H46F2N4O3. The molecule has 0 radical (unpaired) electrons. The molecule has 1 unspecified atom stereocenters. The van der Waals surface area contributed by atoms with Gasteiger partial charge in [0.15, 0.2) is 0 Å². The van der Waals surface area contributed by atoms with Crippen molar-refractivity contribution in [2.75, 3.05) is 57.8 Å². The molecule has 0 aliphatic carbocycles. The van der Waals surface area contributed by atoms with E-state index in [1.54, 1.807) is 11.0 Å².